The zero-order chi connectivity index (χ0) is 14.0. The zero-order valence-corrected chi connectivity index (χ0v) is 13.3. The minimum absolute atomic E-state index is 0.295. The highest BCUT2D eigenvalue weighted by Crippen LogP contribution is 2.26. The Balaban J connectivity index is 2.19. The molecular weight excluding hydrogens is 380 g/mol. The lowest BCUT2D eigenvalue weighted by atomic mass is 10.1. The number of rotatable bonds is 3. The second-order valence-corrected chi connectivity index (χ2v) is 5.80. The van der Waals surface area contributed by atoms with Crippen LogP contribution in [-0.2, 0) is 6.54 Å². The van der Waals surface area contributed by atoms with Gasteiger partial charge in [-0.25, -0.2) is 8.78 Å². The highest BCUT2D eigenvalue weighted by Gasteiger charge is 2.07. The van der Waals surface area contributed by atoms with Gasteiger partial charge in [-0.1, -0.05) is 12.1 Å². The highest BCUT2D eigenvalue weighted by atomic mass is 79.9. The van der Waals surface area contributed by atoms with Crippen LogP contribution in [0.1, 0.15) is 11.1 Å². The van der Waals surface area contributed by atoms with Crippen molar-refractivity contribution in [2.75, 3.05) is 5.32 Å². The van der Waals surface area contributed by atoms with Crippen LogP contribution >= 0.6 is 31.9 Å². The van der Waals surface area contributed by atoms with Gasteiger partial charge in [0.05, 0.1) is 8.95 Å². The van der Waals surface area contributed by atoms with Gasteiger partial charge in [0.1, 0.15) is 11.6 Å². The van der Waals surface area contributed by atoms with E-state index in [2.05, 4.69) is 37.2 Å². The summed E-state index contributed by atoms with van der Waals surface area (Å²) in [6, 6.07) is 8.01. The average Bonchev–Trinajstić information content (AvgIpc) is 2.37. The monoisotopic (exact) mass is 389 g/mol. The topological polar surface area (TPSA) is 12.0 Å². The summed E-state index contributed by atoms with van der Waals surface area (Å²) < 4.78 is 27.5. The molecule has 0 saturated carbocycles. The Kier molecular flexibility index (Phi) is 4.58. The molecule has 100 valence electrons. The van der Waals surface area contributed by atoms with Gasteiger partial charge < -0.3 is 5.32 Å². The van der Waals surface area contributed by atoms with Crippen molar-refractivity contribution in [2.24, 2.45) is 0 Å². The fourth-order valence-electron chi connectivity index (χ4n) is 1.71. The number of aryl methyl sites for hydroxylation is 1. The van der Waals surface area contributed by atoms with Crippen LogP contribution in [0.25, 0.3) is 0 Å². The van der Waals surface area contributed by atoms with E-state index >= 15 is 0 Å². The molecule has 0 aliphatic carbocycles. The van der Waals surface area contributed by atoms with E-state index in [1.54, 1.807) is 12.1 Å². The van der Waals surface area contributed by atoms with Crippen LogP contribution in [0.15, 0.2) is 39.3 Å². The Labute approximate surface area is 127 Å². The van der Waals surface area contributed by atoms with E-state index in [0.29, 0.717) is 15.5 Å². The third-order valence-corrected chi connectivity index (χ3v) is 4.26. The summed E-state index contributed by atoms with van der Waals surface area (Å²) in [7, 11) is 0. The van der Waals surface area contributed by atoms with E-state index in [1.165, 1.54) is 12.1 Å². The molecule has 5 heteroatoms. The molecule has 0 bridgehead atoms. The van der Waals surface area contributed by atoms with Crippen molar-refractivity contribution in [1.82, 2.24) is 0 Å². The summed E-state index contributed by atoms with van der Waals surface area (Å²) in [6.45, 7) is 2.27. The maximum absolute atomic E-state index is 13.4. The van der Waals surface area contributed by atoms with Crippen LogP contribution in [0.5, 0.6) is 0 Å². The van der Waals surface area contributed by atoms with Gasteiger partial charge in [-0.2, -0.15) is 0 Å². The van der Waals surface area contributed by atoms with Gasteiger partial charge in [0.2, 0.25) is 0 Å². The summed E-state index contributed by atoms with van der Waals surface area (Å²) in [5.41, 5.74) is 2.41. The van der Waals surface area contributed by atoms with Crippen LogP contribution < -0.4 is 5.32 Å². The molecule has 2 aromatic rings. The van der Waals surface area contributed by atoms with Gasteiger partial charge in [0, 0.05) is 12.2 Å². The van der Waals surface area contributed by atoms with Crippen molar-refractivity contribution >= 4 is 37.5 Å². The number of nitrogens with one attached hydrogen (secondary N) is 1. The van der Waals surface area contributed by atoms with Crippen LogP contribution in [0, 0.1) is 18.6 Å². The van der Waals surface area contributed by atoms with Crippen molar-refractivity contribution in [3.63, 3.8) is 0 Å². The largest absolute Gasteiger partial charge is 0.381 e. The highest BCUT2D eigenvalue weighted by molar-refractivity contribution is 9.10. The number of benzene rings is 2. The Morgan fingerprint density at radius 2 is 1.84 bits per heavy atom. The predicted molar refractivity (Wildman–Crippen MR) is 80.3 cm³/mol. The molecule has 2 aromatic carbocycles. The maximum Gasteiger partial charge on any atom is 0.137 e. The summed E-state index contributed by atoms with van der Waals surface area (Å²) in [5.74, 6) is -0.591. The molecule has 1 nitrogen and oxygen atoms in total. The maximum atomic E-state index is 13.4. The van der Waals surface area contributed by atoms with E-state index in [4.69, 9.17) is 0 Å². The third kappa shape index (κ3) is 3.34. The lowest BCUT2D eigenvalue weighted by molar-refractivity contribution is 0.618. The average molecular weight is 391 g/mol. The molecule has 0 spiro atoms. The van der Waals surface area contributed by atoms with Crippen LogP contribution in [0.2, 0.25) is 0 Å². The van der Waals surface area contributed by atoms with Crippen molar-refractivity contribution in [1.29, 1.82) is 0 Å². The Hall–Kier alpha value is -0.940. The minimum Gasteiger partial charge on any atom is -0.381 e. The molecule has 0 atom stereocenters. The van der Waals surface area contributed by atoms with Gasteiger partial charge in [-0.3, -0.25) is 0 Å². The molecule has 2 rings (SSSR count). The Bertz CT molecular complexity index is 615. The fourth-order valence-corrected chi connectivity index (χ4v) is 2.46. The van der Waals surface area contributed by atoms with Crippen molar-refractivity contribution in [3.05, 3.63) is 62.0 Å². The van der Waals surface area contributed by atoms with E-state index in [9.17, 15) is 8.78 Å². The van der Waals surface area contributed by atoms with Crippen LogP contribution in [0.4, 0.5) is 14.5 Å². The van der Waals surface area contributed by atoms with E-state index in [1.807, 2.05) is 13.0 Å². The Morgan fingerprint density at radius 1 is 1.11 bits per heavy atom. The van der Waals surface area contributed by atoms with Gasteiger partial charge in [-0.05, 0) is 68.1 Å². The van der Waals surface area contributed by atoms with Gasteiger partial charge in [-0.15, -0.1) is 0 Å². The molecule has 0 amide bonds. The molecule has 1 N–H and O–H groups in total. The van der Waals surface area contributed by atoms with E-state index in [-0.39, 0.29) is 11.6 Å². The molecular formula is C14H11Br2F2N. The lowest BCUT2D eigenvalue weighted by Gasteiger charge is -2.12. The molecule has 0 unspecified atom stereocenters. The van der Waals surface area contributed by atoms with Crippen molar-refractivity contribution < 1.29 is 8.78 Å². The standard InChI is InChI=1S/C14H11Br2F2N/c1-8-5-12(18)10(15)6-13(8)19-7-9-3-2-4-11(17)14(9)16/h2-6,19H,7H2,1H3. The normalized spacial score (nSPS) is 10.6. The molecule has 0 aliphatic rings. The summed E-state index contributed by atoms with van der Waals surface area (Å²) in [5, 5.41) is 3.17. The first-order valence-electron chi connectivity index (χ1n) is 5.61. The van der Waals surface area contributed by atoms with Gasteiger partial charge >= 0.3 is 0 Å². The van der Waals surface area contributed by atoms with Gasteiger partial charge in [0.15, 0.2) is 0 Å². The summed E-state index contributed by atoms with van der Waals surface area (Å²) in [6.07, 6.45) is 0. The second-order valence-electron chi connectivity index (χ2n) is 4.15. The molecule has 0 saturated heterocycles. The van der Waals surface area contributed by atoms with Crippen LogP contribution in [0.3, 0.4) is 0 Å². The smallest absolute Gasteiger partial charge is 0.137 e. The van der Waals surface area contributed by atoms with Crippen molar-refractivity contribution in [3.8, 4) is 0 Å². The second kappa shape index (κ2) is 6.01. The first kappa shape index (κ1) is 14.5. The molecule has 19 heavy (non-hydrogen) atoms. The first-order valence-corrected chi connectivity index (χ1v) is 7.20. The molecule has 0 aliphatic heterocycles. The predicted octanol–water partition coefficient (Wildman–Crippen LogP) is 5.41. The van der Waals surface area contributed by atoms with Gasteiger partial charge in [0.25, 0.3) is 0 Å². The van der Waals surface area contributed by atoms with Crippen LogP contribution in [-0.4, -0.2) is 0 Å². The first-order chi connectivity index (χ1) is 8.99. The molecule has 0 aromatic heterocycles. The number of anilines is 1. The van der Waals surface area contributed by atoms with E-state index in [0.717, 1.165) is 16.8 Å². The summed E-state index contributed by atoms with van der Waals surface area (Å²) >= 11 is 6.36. The van der Waals surface area contributed by atoms with E-state index < -0.39 is 0 Å². The Morgan fingerprint density at radius 3 is 2.58 bits per heavy atom. The number of hydrogen-bond donors (Lipinski definition) is 1. The number of halogens is 4. The molecule has 0 fully saturated rings. The SMILES string of the molecule is Cc1cc(F)c(Br)cc1NCc1cccc(F)c1Br. The quantitative estimate of drug-likeness (QED) is 0.738. The minimum atomic E-state index is -0.296. The lowest BCUT2D eigenvalue weighted by Crippen LogP contribution is -2.03. The molecule has 0 radical (unpaired) electrons. The summed E-state index contributed by atoms with van der Waals surface area (Å²) in [4.78, 5) is 0. The third-order valence-electron chi connectivity index (χ3n) is 2.77. The molecule has 0 heterocycles. The fraction of sp³-hybridized carbons (Fsp3) is 0.143. The number of hydrogen-bond acceptors (Lipinski definition) is 1. The zero-order valence-electron chi connectivity index (χ0n) is 10.1. The van der Waals surface area contributed by atoms with Crippen molar-refractivity contribution in [2.45, 2.75) is 13.5 Å².